The molecule has 2 saturated heterocycles. The van der Waals surface area contributed by atoms with E-state index in [1.54, 1.807) is 14.2 Å². The first-order chi connectivity index (χ1) is 50.8. The van der Waals surface area contributed by atoms with Crippen molar-refractivity contribution in [3.05, 3.63) is 290 Å². The van der Waals surface area contributed by atoms with Crippen LogP contribution in [0.25, 0.3) is 86.9 Å². The number of anilines is 6. The van der Waals surface area contributed by atoms with Crippen molar-refractivity contribution in [2.45, 2.75) is 77.8 Å². The molecule has 4 aliphatic rings. The van der Waals surface area contributed by atoms with Gasteiger partial charge in [-0.2, -0.15) is 0 Å². The molecule has 4 heterocycles. The van der Waals surface area contributed by atoms with E-state index in [2.05, 4.69) is 306 Å². The second-order valence-electron chi connectivity index (χ2n) is 29.3. The SMILES string of the molecule is Brc1c2ccccc2cc2ccccc12.COc1ccc(N2c3ccc(-c4c5ccccc5cc5ccccc45)cc3Oc3cc(-c4c5ccccc5cc5ccccc45)ccc32)cc1.COc1ccc(N2c3ccc(B4OC(C)(C)C(C)(C)O4)cc3Oc3cc(B4OC(C)(C)C(C)(C)O4)ccc32)cc1. The van der Waals surface area contributed by atoms with Gasteiger partial charge in [0.25, 0.3) is 0 Å². The third-order valence-electron chi connectivity index (χ3n) is 21.8. The smallest absolute Gasteiger partial charge is 0.494 e. The molecule has 516 valence electrons. The van der Waals surface area contributed by atoms with E-state index >= 15 is 0 Å². The minimum Gasteiger partial charge on any atom is -0.497 e. The molecule has 15 aromatic rings. The molecule has 0 atom stereocenters. The van der Waals surface area contributed by atoms with Gasteiger partial charge in [-0.1, -0.05) is 170 Å². The maximum atomic E-state index is 6.98. The van der Waals surface area contributed by atoms with Crippen LogP contribution < -0.4 is 39.7 Å². The summed E-state index contributed by atoms with van der Waals surface area (Å²) in [5.41, 5.74) is 10.5. The number of hydrogen-bond acceptors (Lipinski definition) is 10. The Bertz CT molecular complexity index is 5470. The predicted molar refractivity (Wildman–Crippen MR) is 437 cm³/mol. The number of methoxy groups -OCH3 is 2. The van der Waals surface area contributed by atoms with Crippen molar-refractivity contribution in [3.8, 4) is 56.8 Å². The van der Waals surface area contributed by atoms with Gasteiger partial charge in [-0.3, -0.25) is 0 Å². The van der Waals surface area contributed by atoms with Crippen LogP contribution in [0.2, 0.25) is 0 Å². The zero-order valence-electron chi connectivity index (χ0n) is 60.3. The Kier molecular flexibility index (Phi) is 16.9. The van der Waals surface area contributed by atoms with E-state index in [4.69, 9.17) is 37.6 Å². The Hall–Kier alpha value is -10.9. The quantitative estimate of drug-likeness (QED) is 0.108. The van der Waals surface area contributed by atoms with Gasteiger partial charge in [0.15, 0.2) is 23.0 Å². The van der Waals surface area contributed by atoms with Gasteiger partial charge >= 0.3 is 14.2 Å². The first-order valence-electron chi connectivity index (χ1n) is 35.7. The molecule has 0 aliphatic carbocycles. The highest BCUT2D eigenvalue weighted by molar-refractivity contribution is 9.10. The summed E-state index contributed by atoms with van der Waals surface area (Å²) < 4.78 is 51.0. The van der Waals surface area contributed by atoms with Crippen LogP contribution in [0.3, 0.4) is 0 Å². The molecule has 15 aromatic carbocycles. The topological polar surface area (TPSA) is 80.3 Å². The van der Waals surface area contributed by atoms with Crippen molar-refractivity contribution < 1.29 is 37.6 Å². The Labute approximate surface area is 621 Å². The fraction of sp³-hybridized carbons (Fsp3) is 0.152. The highest BCUT2D eigenvalue weighted by atomic mass is 79.9. The second-order valence-corrected chi connectivity index (χ2v) is 30.1. The van der Waals surface area contributed by atoms with Crippen LogP contribution >= 0.6 is 15.9 Å². The molecule has 19 rings (SSSR count). The van der Waals surface area contributed by atoms with E-state index in [9.17, 15) is 0 Å². The van der Waals surface area contributed by atoms with E-state index in [0.717, 1.165) is 79.2 Å². The van der Waals surface area contributed by atoms with Gasteiger partial charge in [-0.25, -0.2) is 0 Å². The largest absolute Gasteiger partial charge is 0.497 e. The minimum absolute atomic E-state index is 0.437. The molecule has 2 fully saturated rings. The molecule has 13 heteroatoms. The number of fused-ring (bicyclic) bond motifs is 10. The third-order valence-corrected chi connectivity index (χ3v) is 22.7. The zero-order valence-corrected chi connectivity index (χ0v) is 61.9. The average molecular weight is 1440 g/mol. The van der Waals surface area contributed by atoms with Crippen LogP contribution in [0.4, 0.5) is 34.1 Å². The number of hydrogen-bond donors (Lipinski definition) is 0. The molecule has 105 heavy (non-hydrogen) atoms. The lowest BCUT2D eigenvalue weighted by molar-refractivity contribution is 0.00578. The van der Waals surface area contributed by atoms with E-state index in [0.29, 0.717) is 11.5 Å². The van der Waals surface area contributed by atoms with E-state index in [1.807, 2.05) is 60.7 Å². The van der Waals surface area contributed by atoms with E-state index in [1.165, 1.54) is 80.2 Å². The van der Waals surface area contributed by atoms with E-state index in [-0.39, 0.29) is 0 Å². The monoisotopic (exact) mass is 1440 g/mol. The average Bonchev–Trinajstić information content (AvgIpc) is 1.58. The normalized spacial score (nSPS) is 15.6. The van der Waals surface area contributed by atoms with Crippen molar-refractivity contribution >= 4 is 140 Å². The van der Waals surface area contributed by atoms with Gasteiger partial charge in [0.2, 0.25) is 0 Å². The highest BCUT2D eigenvalue weighted by Crippen LogP contribution is 2.55. The van der Waals surface area contributed by atoms with Crippen LogP contribution in [0, 0.1) is 0 Å². The van der Waals surface area contributed by atoms with Crippen molar-refractivity contribution in [1.29, 1.82) is 0 Å². The molecule has 4 aliphatic heterocycles. The fourth-order valence-electron chi connectivity index (χ4n) is 14.8. The molecular formula is C92H77B2BrN2O8. The van der Waals surface area contributed by atoms with Gasteiger partial charge in [0, 0.05) is 15.8 Å². The molecule has 0 amide bonds. The van der Waals surface area contributed by atoms with Crippen molar-refractivity contribution in [2.75, 3.05) is 24.0 Å². The summed E-state index contributed by atoms with van der Waals surface area (Å²) in [7, 11) is 2.38. The van der Waals surface area contributed by atoms with Crippen LogP contribution in [-0.4, -0.2) is 50.9 Å². The molecule has 10 nitrogen and oxygen atoms in total. The molecule has 0 N–H and O–H groups in total. The van der Waals surface area contributed by atoms with Crippen LogP contribution in [0.15, 0.2) is 290 Å². The molecule has 0 spiro atoms. The predicted octanol–water partition coefficient (Wildman–Crippen LogP) is 23.8. The summed E-state index contributed by atoms with van der Waals surface area (Å²) in [4.78, 5) is 4.49. The van der Waals surface area contributed by atoms with Gasteiger partial charge in [-0.15, -0.1) is 0 Å². The minimum atomic E-state index is -0.495. The Balaban J connectivity index is 0.000000131. The maximum absolute atomic E-state index is 6.98. The van der Waals surface area contributed by atoms with Crippen LogP contribution in [-0.2, 0) is 18.6 Å². The second kappa shape index (κ2) is 26.4. The first kappa shape index (κ1) is 67.3. The lowest BCUT2D eigenvalue weighted by atomic mass is 9.78. The summed E-state index contributed by atoms with van der Waals surface area (Å²) in [6.45, 7) is 16.5. The highest BCUT2D eigenvalue weighted by Gasteiger charge is 2.53. The molecule has 0 aromatic heterocycles. The molecule has 0 unspecified atom stereocenters. The molecule has 0 saturated carbocycles. The van der Waals surface area contributed by atoms with Crippen molar-refractivity contribution in [2.24, 2.45) is 0 Å². The van der Waals surface area contributed by atoms with Gasteiger partial charge in [0.05, 0.1) is 59.4 Å². The van der Waals surface area contributed by atoms with Crippen LogP contribution in [0.1, 0.15) is 55.4 Å². The maximum Gasteiger partial charge on any atom is 0.494 e. The number of rotatable bonds is 8. The van der Waals surface area contributed by atoms with Gasteiger partial charge in [-0.05, 0) is 284 Å². The number of ether oxygens (including phenoxy) is 4. The Morgan fingerprint density at radius 3 is 0.867 bits per heavy atom. The van der Waals surface area contributed by atoms with Crippen LogP contribution in [0.5, 0.6) is 34.5 Å². The van der Waals surface area contributed by atoms with E-state index < -0.39 is 36.6 Å². The zero-order chi connectivity index (χ0) is 72.1. The Morgan fingerprint density at radius 1 is 0.295 bits per heavy atom. The number of benzene rings is 15. The molecular weight excluding hydrogens is 1360 g/mol. The number of nitrogens with zero attached hydrogens (tertiary/aromatic N) is 2. The van der Waals surface area contributed by atoms with Crippen molar-refractivity contribution in [1.82, 2.24) is 0 Å². The third kappa shape index (κ3) is 12.1. The summed E-state index contributed by atoms with van der Waals surface area (Å²) in [6.07, 6.45) is 0. The summed E-state index contributed by atoms with van der Waals surface area (Å²) in [5.74, 6) is 4.65. The first-order valence-corrected chi connectivity index (χ1v) is 36.5. The van der Waals surface area contributed by atoms with Gasteiger partial charge in [0.1, 0.15) is 11.5 Å². The molecule has 0 radical (unpaired) electrons. The fourth-order valence-corrected chi connectivity index (χ4v) is 15.6. The summed E-state index contributed by atoms with van der Waals surface area (Å²) in [6, 6.07) is 100.0. The Morgan fingerprint density at radius 2 is 0.562 bits per heavy atom. The lowest BCUT2D eigenvalue weighted by Crippen LogP contribution is -2.41. The molecule has 0 bridgehead atoms. The van der Waals surface area contributed by atoms with Crippen molar-refractivity contribution in [3.63, 3.8) is 0 Å². The number of halogens is 1. The lowest BCUT2D eigenvalue weighted by Gasteiger charge is -2.33. The summed E-state index contributed by atoms with van der Waals surface area (Å²) >= 11 is 3.68. The van der Waals surface area contributed by atoms with Gasteiger partial charge < -0.3 is 47.4 Å². The summed E-state index contributed by atoms with van der Waals surface area (Å²) in [5, 5.41) is 14.9. The standard InChI is InChI=1S/C47H31NO2.C31H37B2NO6.C14H9Br/c1-49-37-22-20-36(21-23-37)48-42-24-18-34(46-38-14-6-2-10-30(38)26-31-11-3-7-15-39(31)46)28-44(42)50-45-29-35(19-25-43(45)48)47-40-16-8-4-12-32(40)27-33-13-5-9-17-41(33)47;1-28(2)29(3,4)38-32(37-28)20-10-16-24-26(18-20)36-27-19-21(33-39-30(5,6)31(7,8)40-33)11-17-25(27)34(24)22-12-14-23(35-9)15-13-22;15-14-12-7-3-1-5-10(12)9-11-6-2-4-8-13(11)14/h2-29H,1H3;10-19H,1-9H3;1-9H.